The molecule has 0 aliphatic heterocycles. The zero-order valence-electron chi connectivity index (χ0n) is 9.45. The number of aliphatic carboxylic acids is 1. The highest BCUT2D eigenvalue weighted by Crippen LogP contribution is 2.18. The maximum Gasteiger partial charge on any atom is 0.325 e. The number of urea groups is 1. The van der Waals surface area contributed by atoms with Crippen LogP contribution in [0.25, 0.3) is 0 Å². The van der Waals surface area contributed by atoms with Crippen LogP contribution in [0.15, 0.2) is 18.2 Å². The molecule has 0 aliphatic rings. The molecule has 0 spiro atoms. The Morgan fingerprint density at radius 1 is 1.41 bits per heavy atom. The lowest BCUT2D eigenvalue weighted by molar-refractivity contribution is -0.138. The maximum atomic E-state index is 13.3. The van der Waals surface area contributed by atoms with Crippen LogP contribution in [0.5, 0.6) is 0 Å². The van der Waals surface area contributed by atoms with Crippen molar-refractivity contribution in [1.82, 2.24) is 5.32 Å². The van der Waals surface area contributed by atoms with Gasteiger partial charge in [0.1, 0.15) is 11.9 Å². The Bertz CT molecular complexity index is 428. The Morgan fingerprint density at radius 3 is 2.59 bits per heavy atom. The molecular formula is C11H13FN2O3. The zero-order valence-corrected chi connectivity index (χ0v) is 9.45. The van der Waals surface area contributed by atoms with Gasteiger partial charge in [-0.25, -0.2) is 9.18 Å². The molecule has 0 bridgehead atoms. The zero-order chi connectivity index (χ0) is 13.0. The minimum Gasteiger partial charge on any atom is -0.480 e. The Balaban J connectivity index is 2.72. The monoisotopic (exact) mass is 240 g/mol. The SMILES string of the molecule is Cc1cccc(F)c1NC(=O)N[C@@H](C)C(=O)O. The van der Waals surface area contributed by atoms with E-state index in [4.69, 9.17) is 5.11 Å². The van der Waals surface area contributed by atoms with Crippen LogP contribution in [0.4, 0.5) is 14.9 Å². The van der Waals surface area contributed by atoms with Crippen molar-refractivity contribution in [1.29, 1.82) is 0 Å². The normalized spacial score (nSPS) is 11.7. The first-order chi connectivity index (χ1) is 7.91. The molecule has 0 aliphatic carbocycles. The summed E-state index contributed by atoms with van der Waals surface area (Å²) in [7, 11) is 0. The molecule has 0 saturated heterocycles. The number of amides is 2. The molecule has 17 heavy (non-hydrogen) atoms. The number of carboxylic acids is 1. The first-order valence-corrected chi connectivity index (χ1v) is 4.97. The molecule has 0 fully saturated rings. The first kappa shape index (κ1) is 13.0. The quantitative estimate of drug-likeness (QED) is 0.752. The lowest BCUT2D eigenvalue weighted by Gasteiger charge is -2.12. The summed E-state index contributed by atoms with van der Waals surface area (Å²) >= 11 is 0. The number of aryl methyl sites for hydroxylation is 1. The third-order valence-electron chi connectivity index (χ3n) is 2.18. The highest BCUT2D eigenvalue weighted by Gasteiger charge is 2.15. The van der Waals surface area contributed by atoms with E-state index < -0.39 is 23.9 Å². The molecule has 0 saturated carbocycles. The largest absolute Gasteiger partial charge is 0.480 e. The second-order valence-electron chi connectivity index (χ2n) is 3.59. The van der Waals surface area contributed by atoms with Crippen LogP contribution >= 0.6 is 0 Å². The van der Waals surface area contributed by atoms with Crippen molar-refractivity contribution in [3.63, 3.8) is 0 Å². The topological polar surface area (TPSA) is 78.4 Å². The molecule has 92 valence electrons. The third kappa shape index (κ3) is 3.44. The van der Waals surface area contributed by atoms with E-state index >= 15 is 0 Å². The number of nitrogens with one attached hydrogen (secondary N) is 2. The third-order valence-corrected chi connectivity index (χ3v) is 2.18. The Hall–Kier alpha value is -2.11. The van der Waals surface area contributed by atoms with Gasteiger partial charge in [-0.05, 0) is 25.5 Å². The van der Waals surface area contributed by atoms with Crippen LogP contribution in [0.1, 0.15) is 12.5 Å². The van der Waals surface area contributed by atoms with Gasteiger partial charge in [0, 0.05) is 0 Å². The van der Waals surface area contributed by atoms with Crippen molar-refractivity contribution in [3.8, 4) is 0 Å². The van der Waals surface area contributed by atoms with Crippen molar-refractivity contribution in [2.24, 2.45) is 0 Å². The highest BCUT2D eigenvalue weighted by atomic mass is 19.1. The summed E-state index contributed by atoms with van der Waals surface area (Å²) in [6, 6.07) is 2.58. The van der Waals surface area contributed by atoms with Crippen molar-refractivity contribution >= 4 is 17.7 Å². The van der Waals surface area contributed by atoms with E-state index in [1.165, 1.54) is 19.1 Å². The molecular weight excluding hydrogens is 227 g/mol. The number of hydrogen-bond donors (Lipinski definition) is 3. The second kappa shape index (κ2) is 5.29. The van der Waals surface area contributed by atoms with Gasteiger partial charge in [-0.3, -0.25) is 4.79 Å². The van der Waals surface area contributed by atoms with Gasteiger partial charge in [0.05, 0.1) is 5.69 Å². The van der Waals surface area contributed by atoms with Crippen molar-refractivity contribution in [2.45, 2.75) is 19.9 Å². The predicted octanol–water partition coefficient (Wildman–Crippen LogP) is 1.73. The highest BCUT2D eigenvalue weighted by molar-refractivity contribution is 5.92. The number of hydrogen-bond acceptors (Lipinski definition) is 2. The molecule has 1 rings (SSSR count). The van der Waals surface area contributed by atoms with E-state index in [1.807, 2.05) is 0 Å². The minimum atomic E-state index is -1.16. The molecule has 1 aromatic carbocycles. The lowest BCUT2D eigenvalue weighted by Crippen LogP contribution is -2.41. The van der Waals surface area contributed by atoms with Gasteiger partial charge in [0.15, 0.2) is 0 Å². The number of carbonyl (C=O) groups excluding carboxylic acids is 1. The van der Waals surface area contributed by atoms with Gasteiger partial charge >= 0.3 is 12.0 Å². The van der Waals surface area contributed by atoms with E-state index in [0.717, 1.165) is 0 Å². The Labute approximate surface area is 97.6 Å². The van der Waals surface area contributed by atoms with E-state index in [9.17, 15) is 14.0 Å². The molecule has 0 heterocycles. The summed E-state index contributed by atoms with van der Waals surface area (Å²) in [5.74, 6) is -1.73. The predicted molar refractivity (Wildman–Crippen MR) is 60.4 cm³/mol. The van der Waals surface area contributed by atoms with Crippen molar-refractivity contribution < 1.29 is 19.1 Å². The average Bonchev–Trinajstić information content (AvgIpc) is 2.23. The van der Waals surface area contributed by atoms with Crippen LogP contribution in [-0.4, -0.2) is 23.1 Å². The van der Waals surface area contributed by atoms with Crippen LogP contribution in [0, 0.1) is 12.7 Å². The summed E-state index contributed by atoms with van der Waals surface area (Å²) in [5.41, 5.74) is 0.603. The van der Waals surface area contributed by atoms with Crippen molar-refractivity contribution in [3.05, 3.63) is 29.6 Å². The minimum absolute atomic E-state index is 0.0441. The van der Waals surface area contributed by atoms with E-state index in [2.05, 4.69) is 10.6 Å². The smallest absolute Gasteiger partial charge is 0.325 e. The van der Waals surface area contributed by atoms with Gasteiger partial charge < -0.3 is 15.7 Å². The molecule has 3 N–H and O–H groups in total. The molecule has 2 amide bonds. The van der Waals surface area contributed by atoms with E-state index in [1.54, 1.807) is 13.0 Å². The van der Waals surface area contributed by atoms with Crippen LogP contribution in [-0.2, 0) is 4.79 Å². The number of carbonyl (C=O) groups is 2. The summed E-state index contributed by atoms with van der Waals surface area (Å²) in [4.78, 5) is 21.9. The number of benzene rings is 1. The lowest BCUT2D eigenvalue weighted by atomic mass is 10.2. The second-order valence-corrected chi connectivity index (χ2v) is 3.59. The molecule has 5 nitrogen and oxygen atoms in total. The van der Waals surface area contributed by atoms with Crippen molar-refractivity contribution in [2.75, 3.05) is 5.32 Å². The van der Waals surface area contributed by atoms with E-state index in [0.29, 0.717) is 5.56 Å². The average molecular weight is 240 g/mol. The standard InChI is InChI=1S/C11H13FN2O3/c1-6-4-3-5-8(12)9(6)14-11(17)13-7(2)10(15)16/h3-5,7H,1-2H3,(H,15,16)(H2,13,14,17)/t7-/m0/s1. The van der Waals surface area contributed by atoms with Gasteiger partial charge in [0.25, 0.3) is 0 Å². The maximum absolute atomic E-state index is 13.3. The van der Waals surface area contributed by atoms with Gasteiger partial charge in [-0.15, -0.1) is 0 Å². The van der Waals surface area contributed by atoms with Gasteiger partial charge in [0.2, 0.25) is 0 Å². The van der Waals surface area contributed by atoms with Crippen LogP contribution in [0.2, 0.25) is 0 Å². The number of carboxylic acid groups (broad SMARTS) is 1. The molecule has 0 aromatic heterocycles. The summed E-state index contributed by atoms with van der Waals surface area (Å²) in [6.07, 6.45) is 0. The molecule has 0 radical (unpaired) electrons. The number of anilines is 1. The Kier molecular flexibility index (Phi) is 4.03. The summed E-state index contributed by atoms with van der Waals surface area (Å²) < 4.78 is 13.3. The number of para-hydroxylation sites is 1. The fourth-order valence-electron chi connectivity index (χ4n) is 1.20. The molecule has 6 heteroatoms. The Morgan fingerprint density at radius 2 is 2.06 bits per heavy atom. The molecule has 0 unspecified atom stereocenters. The van der Waals surface area contributed by atoms with Gasteiger partial charge in [-0.2, -0.15) is 0 Å². The summed E-state index contributed by atoms with van der Waals surface area (Å²) in [5, 5.41) is 13.0. The molecule has 1 aromatic rings. The molecule has 1 atom stereocenters. The summed E-state index contributed by atoms with van der Waals surface area (Å²) in [6.45, 7) is 2.95. The van der Waals surface area contributed by atoms with Crippen LogP contribution < -0.4 is 10.6 Å². The van der Waals surface area contributed by atoms with E-state index in [-0.39, 0.29) is 5.69 Å². The number of halogens is 1. The first-order valence-electron chi connectivity index (χ1n) is 4.97. The van der Waals surface area contributed by atoms with Gasteiger partial charge in [-0.1, -0.05) is 12.1 Å². The fourth-order valence-corrected chi connectivity index (χ4v) is 1.20. The number of rotatable bonds is 3. The van der Waals surface area contributed by atoms with Crippen LogP contribution in [0.3, 0.4) is 0 Å². The fraction of sp³-hybridized carbons (Fsp3) is 0.273.